The van der Waals surface area contributed by atoms with Gasteiger partial charge < -0.3 is 14.6 Å². The average molecular weight is 361 g/mol. The molecule has 0 bridgehead atoms. The van der Waals surface area contributed by atoms with Gasteiger partial charge in [0.2, 0.25) is 0 Å². The van der Waals surface area contributed by atoms with Gasteiger partial charge in [0.15, 0.2) is 11.5 Å². The van der Waals surface area contributed by atoms with Gasteiger partial charge in [0, 0.05) is 19.6 Å². The highest BCUT2D eigenvalue weighted by Gasteiger charge is 2.17. The summed E-state index contributed by atoms with van der Waals surface area (Å²) in [5.41, 5.74) is 2.06. The Morgan fingerprint density at radius 1 is 0.923 bits per heavy atom. The van der Waals surface area contributed by atoms with Gasteiger partial charge >= 0.3 is 0 Å². The summed E-state index contributed by atoms with van der Waals surface area (Å²) in [6.45, 7) is 5.79. The van der Waals surface area contributed by atoms with Gasteiger partial charge in [0.25, 0.3) is 0 Å². The largest absolute Gasteiger partial charge is 0.493 e. The predicted octanol–water partition coefficient (Wildman–Crippen LogP) is 3.86. The van der Waals surface area contributed by atoms with Gasteiger partial charge in [-0.1, -0.05) is 32.0 Å². The number of methoxy groups -OCH3 is 2. The van der Waals surface area contributed by atoms with E-state index in [1.807, 2.05) is 32.0 Å². The Hall–Kier alpha value is -2.11. The van der Waals surface area contributed by atoms with Crippen LogP contribution in [-0.2, 0) is 13.1 Å². The lowest BCUT2D eigenvalue weighted by Crippen LogP contribution is -2.34. The summed E-state index contributed by atoms with van der Waals surface area (Å²) < 4.78 is 23.8. The van der Waals surface area contributed by atoms with Crippen LogP contribution in [0.5, 0.6) is 11.5 Å². The second-order valence-corrected chi connectivity index (χ2v) is 6.80. The molecule has 142 valence electrons. The van der Waals surface area contributed by atoms with E-state index in [1.165, 1.54) is 12.1 Å². The molecule has 0 spiro atoms. The monoisotopic (exact) mass is 361 g/mol. The summed E-state index contributed by atoms with van der Waals surface area (Å²) in [6.07, 6.45) is -0.435. The van der Waals surface area contributed by atoms with Crippen molar-refractivity contribution in [1.29, 1.82) is 0 Å². The molecule has 0 aliphatic carbocycles. The molecule has 0 amide bonds. The number of nitrogens with zero attached hydrogens (tertiary/aromatic N) is 1. The summed E-state index contributed by atoms with van der Waals surface area (Å²) >= 11 is 0. The van der Waals surface area contributed by atoms with Crippen molar-refractivity contribution < 1.29 is 19.0 Å². The number of aliphatic hydroxyl groups excluding tert-OH is 1. The second-order valence-electron chi connectivity index (χ2n) is 6.80. The van der Waals surface area contributed by atoms with Crippen molar-refractivity contribution in [3.8, 4) is 11.5 Å². The Balaban J connectivity index is 2.18. The van der Waals surface area contributed by atoms with E-state index in [1.54, 1.807) is 26.4 Å². The van der Waals surface area contributed by atoms with Gasteiger partial charge in [0.1, 0.15) is 5.82 Å². The Morgan fingerprint density at radius 3 is 2.08 bits per heavy atom. The fourth-order valence-electron chi connectivity index (χ4n) is 2.75. The van der Waals surface area contributed by atoms with Crippen molar-refractivity contribution in [3.63, 3.8) is 0 Å². The van der Waals surface area contributed by atoms with Crippen LogP contribution in [0.2, 0.25) is 0 Å². The van der Waals surface area contributed by atoms with Gasteiger partial charge in [0.05, 0.1) is 20.3 Å². The smallest absolute Gasteiger partial charge is 0.161 e. The average Bonchev–Trinajstić information content (AvgIpc) is 2.63. The van der Waals surface area contributed by atoms with Crippen LogP contribution < -0.4 is 9.47 Å². The standard InChI is InChI=1S/C21H28FNO3/c1-15(2)19(24)14-23(12-16-5-8-18(22)9-6-16)13-17-7-10-20(25-3)21(11-17)26-4/h5-11,15,19,24H,12-14H2,1-4H3/t19-/m1/s1. The van der Waals surface area contributed by atoms with E-state index in [4.69, 9.17) is 9.47 Å². The van der Waals surface area contributed by atoms with Crippen LogP contribution in [0.15, 0.2) is 42.5 Å². The van der Waals surface area contributed by atoms with E-state index in [2.05, 4.69) is 4.90 Å². The van der Waals surface area contributed by atoms with Gasteiger partial charge in [-0.2, -0.15) is 0 Å². The maximum atomic E-state index is 13.2. The molecule has 0 heterocycles. The molecule has 26 heavy (non-hydrogen) atoms. The molecule has 2 aromatic rings. The summed E-state index contributed by atoms with van der Waals surface area (Å²) in [4.78, 5) is 2.15. The van der Waals surface area contributed by atoms with Crippen LogP contribution in [0.1, 0.15) is 25.0 Å². The number of halogens is 1. The van der Waals surface area contributed by atoms with Crippen molar-refractivity contribution in [2.45, 2.75) is 33.0 Å². The number of ether oxygens (including phenoxy) is 2. The molecule has 0 aliphatic rings. The molecule has 0 fully saturated rings. The van der Waals surface area contributed by atoms with E-state index in [-0.39, 0.29) is 11.7 Å². The third-order valence-corrected chi connectivity index (χ3v) is 4.39. The van der Waals surface area contributed by atoms with Crippen molar-refractivity contribution in [2.24, 2.45) is 5.92 Å². The number of aliphatic hydroxyl groups is 1. The van der Waals surface area contributed by atoms with Crippen LogP contribution in [0.25, 0.3) is 0 Å². The van der Waals surface area contributed by atoms with Gasteiger partial charge in [-0.25, -0.2) is 4.39 Å². The molecule has 4 nitrogen and oxygen atoms in total. The van der Waals surface area contributed by atoms with Crippen LogP contribution in [0, 0.1) is 11.7 Å². The number of hydrogen-bond donors (Lipinski definition) is 1. The lowest BCUT2D eigenvalue weighted by atomic mass is 10.1. The van der Waals surface area contributed by atoms with Crippen LogP contribution in [0.3, 0.4) is 0 Å². The third kappa shape index (κ3) is 5.71. The molecule has 2 rings (SSSR count). The molecular weight excluding hydrogens is 333 g/mol. The minimum Gasteiger partial charge on any atom is -0.493 e. The lowest BCUT2D eigenvalue weighted by Gasteiger charge is -2.27. The molecule has 2 aromatic carbocycles. The number of rotatable bonds is 9. The minimum absolute atomic E-state index is 0.163. The van der Waals surface area contributed by atoms with Crippen molar-refractivity contribution >= 4 is 0 Å². The molecule has 0 unspecified atom stereocenters. The highest BCUT2D eigenvalue weighted by Crippen LogP contribution is 2.28. The Labute approximate surface area is 155 Å². The molecule has 5 heteroatoms. The van der Waals surface area contributed by atoms with E-state index in [0.717, 1.165) is 11.1 Å². The topological polar surface area (TPSA) is 41.9 Å². The van der Waals surface area contributed by atoms with E-state index < -0.39 is 6.10 Å². The van der Waals surface area contributed by atoms with Gasteiger partial charge in [-0.15, -0.1) is 0 Å². The molecule has 0 radical (unpaired) electrons. The number of hydrogen-bond acceptors (Lipinski definition) is 4. The Bertz CT molecular complexity index is 688. The zero-order valence-electron chi connectivity index (χ0n) is 15.9. The van der Waals surface area contributed by atoms with Gasteiger partial charge in [-0.3, -0.25) is 4.90 Å². The highest BCUT2D eigenvalue weighted by atomic mass is 19.1. The fraction of sp³-hybridized carbons (Fsp3) is 0.429. The second kappa shape index (κ2) is 9.55. The Morgan fingerprint density at radius 2 is 1.50 bits per heavy atom. The van der Waals surface area contributed by atoms with Crippen molar-refractivity contribution in [1.82, 2.24) is 4.90 Å². The van der Waals surface area contributed by atoms with Crippen LogP contribution in [-0.4, -0.2) is 36.9 Å². The van der Waals surface area contributed by atoms with Crippen LogP contribution >= 0.6 is 0 Å². The zero-order chi connectivity index (χ0) is 19.1. The fourth-order valence-corrected chi connectivity index (χ4v) is 2.75. The summed E-state index contributed by atoms with van der Waals surface area (Å²) in [6, 6.07) is 12.3. The molecule has 0 aromatic heterocycles. The lowest BCUT2D eigenvalue weighted by molar-refractivity contribution is 0.0699. The Kier molecular flexibility index (Phi) is 7.42. The molecular formula is C21H28FNO3. The first-order valence-electron chi connectivity index (χ1n) is 8.78. The first kappa shape index (κ1) is 20.2. The SMILES string of the molecule is COc1ccc(CN(Cc2ccc(F)cc2)C[C@@H](O)C(C)C)cc1OC. The molecule has 1 N–H and O–H groups in total. The van der Waals surface area contributed by atoms with Crippen molar-refractivity contribution in [3.05, 3.63) is 59.4 Å². The summed E-state index contributed by atoms with van der Waals surface area (Å²) in [5.74, 6) is 1.28. The summed E-state index contributed by atoms with van der Waals surface area (Å²) in [7, 11) is 3.22. The summed E-state index contributed by atoms with van der Waals surface area (Å²) in [5, 5.41) is 10.3. The van der Waals surface area contributed by atoms with E-state index in [0.29, 0.717) is 31.1 Å². The van der Waals surface area contributed by atoms with Crippen LogP contribution in [0.4, 0.5) is 4.39 Å². The number of benzene rings is 2. The minimum atomic E-state index is -0.435. The van der Waals surface area contributed by atoms with Gasteiger partial charge in [-0.05, 0) is 41.3 Å². The molecule has 0 aliphatic heterocycles. The predicted molar refractivity (Wildman–Crippen MR) is 101 cm³/mol. The maximum Gasteiger partial charge on any atom is 0.161 e. The first-order chi connectivity index (χ1) is 12.4. The maximum absolute atomic E-state index is 13.2. The molecule has 1 atom stereocenters. The normalized spacial score (nSPS) is 12.5. The quantitative estimate of drug-likeness (QED) is 0.736. The van der Waals surface area contributed by atoms with E-state index >= 15 is 0 Å². The molecule has 0 saturated heterocycles. The van der Waals surface area contributed by atoms with E-state index in [9.17, 15) is 9.50 Å². The highest BCUT2D eigenvalue weighted by molar-refractivity contribution is 5.42. The zero-order valence-corrected chi connectivity index (χ0v) is 15.9. The van der Waals surface area contributed by atoms with Crippen molar-refractivity contribution in [2.75, 3.05) is 20.8 Å². The molecule has 0 saturated carbocycles. The first-order valence-corrected chi connectivity index (χ1v) is 8.78. The third-order valence-electron chi connectivity index (χ3n) is 4.39.